The van der Waals surface area contributed by atoms with Gasteiger partial charge in [-0.05, 0) is 13.0 Å². The van der Waals surface area contributed by atoms with Gasteiger partial charge in [-0.2, -0.15) is 0 Å². The number of amides is 1. The number of hydrogen-bond donors (Lipinski definition) is 2. The smallest absolute Gasteiger partial charge is 0.245 e. The van der Waals surface area contributed by atoms with E-state index in [4.69, 9.17) is 11.5 Å². The molecule has 0 atom stereocenters. The van der Waals surface area contributed by atoms with Gasteiger partial charge in [0.2, 0.25) is 5.91 Å². The second-order valence-corrected chi connectivity index (χ2v) is 6.02. The van der Waals surface area contributed by atoms with Gasteiger partial charge in [0.25, 0.3) is 0 Å². The molecule has 0 aromatic heterocycles. The number of primary amides is 1. The quantitative estimate of drug-likeness (QED) is 0.626. The van der Waals surface area contributed by atoms with E-state index >= 15 is 0 Å². The molecule has 1 rings (SSSR count). The summed E-state index contributed by atoms with van der Waals surface area (Å²) in [5, 5.41) is 0. The van der Waals surface area contributed by atoms with Gasteiger partial charge in [-0.25, -0.2) is 8.42 Å². The molecule has 0 aliphatic rings. The fraction of sp³-hybridized carbons (Fsp3) is 0.250. The minimum atomic E-state index is -3.58. The molecule has 1 aromatic rings. The van der Waals surface area contributed by atoms with Gasteiger partial charge in [0, 0.05) is 16.8 Å². The fourth-order valence-electron chi connectivity index (χ4n) is 1.56. The van der Waals surface area contributed by atoms with Crippen molar-refractivity contribution in [1.82, 2.24) is 0 Å². The van der Waals surface area contributed by atoms with E-state index in [-0.39, 0.29) is 16.2 Å². The lowest BCUT2D eigenvalue weighted by atomic mass is 10.1. The number of carbonyl (C=O) groups excluding carboxylic acids is 1. The number of benzene rings is 1. The summed E-state index contributed by atoms with van der Waals surface area (Å²) in [6, 6.07) is 6.48. The van der Waals surface area contributed by atoms with Gasteiger partial charge in [0.15, 0.2) is 9.84 Å². The first-order valence-electron chi connectivity index (χ1n) is 5.39. The molecule has 0 bridgehead atoms. The van der Waals surface area contributed by atoms with E-state index in [1.165, 1.54) is 13.8 Å². The summed E-state index contributed by atoms with van der Waals surface area (Å²) in [7, 11) is -3.58. The predicted molar refractivity (Wildman–Crippen MR) is 72.1 cm³/mol. The average molecular weight is 268 g/mol. The highest BCUT2D eigenvalue weighted by Gasteiger charge is 2.24. The lowest BCUT2D eigenvalue weighted by Gasteiger charge is -2.12. The number of hydrogen-bond acceptors (Lipinski definition) is 4. The van der Waals surface area contributed by atoms with Crippen LogP contribution in [0.5, 0.6) is 0 Å². The Morgan fingerprint density at radius 3 is 2.28 bits per heavy atom. The Bertz CT molecular complexity index is 604. The van der Waals surface area contributed by atoms with Gasteiger partial charge in [0.05, 0.1) is 10.7 Å². The maximum atomic E-state index is 12.1. The Balaban J connectivity index is 3.67. The van der Waals surface area contributed by atoms with Gasteiger partial charge in [0.1, 0.15) is 0 Å². The van der Waals surface area contributed by atoms with Gasteiger partial charge < -0.3 is 11.5 Å². The topological polar surface area (TPSA) is 103 Å². The summed E-state index contributed by atoms with van der Waals surface area (Å²) < 4.78 is 24.2. The third-order valence-corrected chi connectivity index (χ3v) is 4.51. The first-order chi connectivity index (χ1) is 8.31. The van der Waals surface area contributed by atoms with E-state index in [2.05, 4.69) is 0 Å². The molecule has 98 valence electrons. The van der Waals surface area contributed by atoms with Crippen molar-refractivity contribution in [3.8, 4) is 0 Å². The number of sulfone groups is 1. The zero-order chi connectivity index (χ0) is 13.9. The molecule has 0 saturated heterocycles. The van der Waals surface area contributed by atoms with Crippen LogP contribution in [0.25, 0.3) is 4.91 Å². The maximum absolute atomic E-state index is 12.1. The fourth-order valence-corrected chi connectivity index (χ4v) is 2.94. The van der Waals surface area contributed by atoms with E-state index in [0.29, 0.717) is 11.3 Å². The highest BCUT2D eigenvalue weighted by Crippen LogP contribution is 2.29. The summed E-state index contributed by atoms with van der Waals surface area (Å²) >= 11 is 0. The van der Waals surface area contributed by atoms with Crippen LogP contribution >= 0.6 is 0 Å². The van der Waals surface area contributed by atoms with Crippen LogP contribution in [0.1, 0.15) is 19.4 Å². The molecule has 0 spiro atoms. The van der Waals surface area contributed by atoms with Gasteiger partial charge in [-0.3, -0.25) is 4.79 Å². The molecule has 0 radical (unpaired) electrons. The van der Waals surface area contributed by atoms with E-state index < -0.39 is 15.7 Å². The van der Waals surface area contributed by atoms with Crippen LogP contribution in [-0.4, -0.2) is 20.1 Å². The van der Waals surface area contributed by atoms with Crippen molar-refractivity contribution < 1.29 is 13.2 Å². The zero-order valence-electron chi connectivity index (χ0n) is 10.3. The van der Waals surface area contributed by atoms with E-state index in [1.54, 1.807) is 24.3 Å². The molecule has 4 N–H and O–H groups in total. The number of para-hydroxylation sites is 1. The lowest BCUT2D eigenvalue weighted by Crippen LogP contribution is -2.18. The summed E-state index contributed by atoms with van der Waals surface area (Å²) in [6.45, 7) is 2.89. The molecule has 0 saturated carbocycles. The lowest BCUT2D eigenvalue weighted by molar-refractivity contribution is -0.114. The van der Waals surface area contributed by atoms with Crippen LogP contribution in [0.4, 0.5) is 5.69 Å². The molecule has 6 heteroatoms. The number of anilines is 1. The van der Waals surface area contributed by atoms with E-state index in [9.17, 15) is 13.2 Å². The third kappa shape index (κ3) is 2.70. The van der Waals surface area contributed by atoms with Crippen molar-refractivity contribution in [2.75, 3.05) is 11.5 Å². The molecule has 0 unspecified atom stereocenters. The van der Waals surface area contributed by atoms with Crippen LogP contribution in [0, 0.1) is 0 Å². The van der Waals surface area contributed by atoms with Crippen LogP contribution in [0.15, 0.2) is 29.8 Å². The molecule has 5 nitrogen and oxygen atoms in total. The molecule has 0 fully saturated rings. The number of nitrogens with two attached hydrogens (primary N) is 2. The van der Waals surface area contributed by atoms with Crippen molar-refractivity contribution in [1.29, 1.82) is 0 Å². The molecule has 18 heavy (non-hydrogen) atoms. The first kappa shape index (κ1) is 14.2. The molecular weight excluding hydrogens is 252 g/mol. The van der Waals surface area contributed by atoms with Crippen molar-refractivity contribution in [3.63, 3.8) is 0 Å². The Morgan fingerprint density at radius 2 is 1.83 bits per heavy atom. The van der Waals surface area contributed by atoms with Gasteiger partial charge in [-0.1, -0.05) is 25.1 Å². The standard InChI is InChI=1S/C12H16N2O3S/c1-3-18(16,17)11(8(2)12(14)15)9-6-4-5-7-10(9)13/h4-7H,3,13H2,1-2H3,(H2,14,15). The second-order valence-electron chi connectivity index (χ2n) is 3.81. The predicted octanol–water partition coefficient (Wildman–Crippen LogP) is 0.920. The minimum absolute atomic E-state index is 0.00486. The Kier molecular flexibility index (Phi) is 4.13. The van der Waals surface area contributed by atoms with Crippen molar-refractivity contribution in [2.24, 2.45) is 5.73 Å². The zero-order valence-corrected chi connectivity index (χ0v) is 11.1. The SMILES string of the molecule is CCS(=O)(=O)C(=C(C)C(N)=O)c1ccccc1N. The van der Waals surface area contributed by atoms with Gasteiger partial charge in [-0.15, -0.1) is 0 Å². The molecule has 0 aliphatic heterocycles. The van der Waals surface area contributed by atoms with Crippen molar-refractivity contribution in [2.45, 2.75) is 13.8 Å². The monoisotopic (exact) mass is 268 g/mol. The molecule has 1 amide bonds. The van der Waals surface area contributed by atoms with Crippen molar-refractivity contribution in [3.05, 3.63) is 35.4 Å². The average Bonchev–Trinajstić information content (AvgIpc) is 2.31. The van der Waals surface area contributed by atoms with Gasteiger partial charge >= 0.3 is 0 Å². The summed E-state index contributed by atoms with van der Waals surface area (Å²) in [4.78, 5) is 11.2. The highest BCUT2D eigenvalue weighted by atomic mass is 32.2. The second kappa shape index (κ2) is 5.22. The van der Waals surface area contributed by atoms with E-state index in [1.807, 2.05) is 0 Å². The maximum Gasteiger partial charge on any atom is 0.245 e. The molecule has 1 aromatic carbocycles. The normalized spacial score (nSPS) is 13.0. The Morgan fingerprint density at radius 1 is 1.28 bits per heavy atom. The Hall–Kier alpha value is -1.82. The largest absolute Gasteiger partial charge is 0.398 e. The van der Waals surface area contributed by atoms with Crippen LogP contribution in [0.3, 0.4) is 0 Å². The Labute approximate surface area is 106 Å². The molecule has 0 heterocycles. The first-order valence-corrected chi connectivity index (χ1v) is 7.04. The number of rotatable bonds is 4. The summed E-state index contributed by atoms with van der Waals surface area (Å²) in [5.74, 6) is -0.897. The summed E-state index contributed by atoms with van der Waals surface area (Å²) in [6.07, 6.45) is 0. The van der Waals surface area contributed by atoms with Crippen LogP contribution in [0.2, 0.25) is 0 Å². The number of nitrogen functional groups attached to an aromatic ring is 1. The third-order valence-electron chi connectivity index (χ3n) is 2.61. The molecule has 0 aliphatic carbocycles. The summed E-state index contributed by atoms with van der Waals surface area (Å²) in [5.41, 5.74) is 11.5. The highest BCUT2D eigenvalue weighted by molar-refractivity contribution is 8.00. The van der Waals surface area contributed by atoms with E-state index in [0.717, 1.165) is 0 Å². The van der Waals surface area contributed by atoms with Crippen LogP contribution in [-0.2, 0) is 14.6 Å². The number of carbonyl (C=O) groups is 1. The minimum Gasteiger partial charge on any atom is -0.398 e. The van der Waals surface area contributed by atoms with Crippen LogP contribution < -0.4 is 11.5 Å². The molecular formula is C12H16N2O3S. The van der Waals surface area contributed by atoms with Crippen molar-refractivity contribution >= 4 is 26.3 Å².